The maximum atomic E-state index is 13.8. The zero-order valence-electron chi connectivity index (χ0n) is 23.5. The summed E-state index contributed by atoms with van der Waals surface area (Å²) in [6.45, 7) is 7.31. The maximum absolute atomic E-state index is 13.8. The van der Waals surface area contributed by atoms with Crippen molar-refractivity contribution in [1.82, 2.24) is 29.0 Å². The van der Waals surface area contributed by atoms with Crippen molar-refractivity contribution in [3.63, 3.8) is 0 Å². The SMILES string of the molecule is Cc1cnc2c(C(=O)Nc3cccc(C4(c5nncn5C)CC(CC#N)C4)c3)cc(CN3CCC[C@H](C)C3)cn12. The summed E-state index contributed by atoms with van der Waals surface area (Å²) in [7, 11) is 1.95. The molecule has 1 saturated carbocycles. The lowest BCUT2D eigenvalue weighted by molar-refractivity contribution is 0.102. The average Bonchev–Trinajstić information content (AvgIpc) is 3.51. The number of nitrogens with zero attached hydrogens (tertiary/aromatic N) is 7. The van der Waals surface area contributed by atoms with E-state index in [0.717, 1.165) is 60.8 Å². The Bertz CT molecular complexity index is 1590. The number of nitrogens with one attached hydrogen (secondary N) is 1. The molecule has 1 aromatic carbocycles. The van der Waals surface area contributed by atoms with Crippen LogP contribution >= 0.6 is 0 Å². The summed E-state index contributed by atoms with van der Waals surface area (Å²) in [6, 6.07) is 12.3. The van der Waals surface area contributed by atoms with Crippen LogP contribution in [0.5, 0.6) is 0 Å². The van der Waals surface area contributed by atoms with Crippen LogP contribution in [0.15, 0.2) is 49.1 Å². The molecule has 4 heterocycles. The van der Waals surface area contributed by atoms with Crippen LogP contribution in [0, 0.1) is 30.1 Å². The molecule has 9 heteroatoms. The Morgan fingerprint density at radius 2 is 2.12 bits per heavy atom. The number of piperidine rings is 1. The minimum absolute atomic E-state index is 0.176. The van der Waals surface area contributed by atoms with Gasteiger partial charge < -0.3 is 14.3 Å². The summed E-state index contributed by atoms with van der Waals surface area (Å²) in [4.78, 5) is 20.8. The van der Waals surface area contributed by atoms with Gasteiger partial charge in [-0.05, 0) is 80.3 Å². The third-order valence-corrected chi connectivity index (χ3v) is 8.71. The zero-order valence-corrected chi connectivity index (χ0v) is 23.5. The Hall–Kier alpha value is -4.03. The number of aromatic nitrogens is 5. The number of rotatable bonds is 7. The molecule has 9 nitrogen and oxygen atoms in total. The predicted molar refractivity (Wildman–Crippen MR) is 153 cm³/mol. The van der Waals surface area contributed by atoms with E-state index in [9.17, 15) is 10.1 Å². The smallest absolute Gasteiger partial charge is 0.259 e. The normalized spacial score (nSPS) is 23.1. The van der Waals surface area contributed by atoms with E-state index in [1.54, 1.807) is 6.33 Å². The third kappa shape index (κ3) is 4.77. The molecule has 1 saturated heterocycles. The standard InChI is InChI=1S/C31H36N8O/c1-21-6-5-11-38(17-21)18-24-12-27(28-33-16-22(2)39(28)19-24)29(40)35-26-8-4-7-25(13-26)31(14-23(15-31)9-10-32)30-36-34-20-37(30)3/h4,7-8,12-13,16,19-21,23H,5-6,9,11,14-15,17-18H2,1-3H3,(H,35,40)/t21-,23?,31?/m0/s1. The van der Waals surface area contributed by atoms with Gasteiger partial charge in [0, 0.05) is 50.3 Å². The number of fused-ring (bicyclic) bond motifs is 1. The van der Waals surface area contributed by atoms with E-state index in [4.69, 9.17) is 0 Å². The number of hydrogen-bond donors (Lipinski definition) is 1. The summed E-state index contributed by atoms with van der Waals surface area (Å²) in [5.74, 6) is 1.73. The Morgan fingerprint density at radius 1 is 1.27 bits per heavy atom. The number of pyridine rings is 1. The fourth-order valence-electron chi connectivity index (χ4n) is 6.76. The molecule has 0 spiro atoms. The second-order valence-corrected chi connectivity index (χ2v) is 11.9. The van der Waals surface area contributed by atoms with Crippen LogP contribution in [0.2, 0.25) is 0 Å². The summed E-state index contributed by atoms with van der Waals surface area (Å²) < 4.78 is 3.99. The van der Waals surface area contributed by atoms with Crippen molar-refractivity contribution in [2.45, 2.75) is 57.9 Å². The first kappa shape index (κ1) is 26.2. The molecule has 1 atom stereocenters. The summed E-state index contributed by atoms with van der Waals surface area (Å²) in [5, 5.41) is 21.0. The van der Waals surface area contributed by atoms with E-state index in [1.165, 1.54) is 12.8 Å². The fourth-order valence-corrected chi connectivity index (χ4v) is 6.76. The molecule has 0 unspecified atom stereocenters. The summed E-state index contributed by atoms with van der Waals surface area (Å²) in [5.41, 5.74) is 4.82. The molecule has 1 N–H and O–H groups in total. The van der Waals surface area contributed by atoms with Crippen LogP contribution in [0.4, 0.5) is 5.69 Å². The zero-order chi connectivity index (χ0) is 27.9. The van der Waals surface area contributed by atoms with Crippen LogP contribution in [0.3, 0.4) is 0 Å². The molecule has 4 aromatic rings. The quantitative estimate of drug-likeness (QED) is 0.362. The van der Waals surface area contributed by atoms with E-state index in [2.05, 4.69) is 50.7 Å². The van der Waals surface area contributed by atoms with Gasteiger partial charge in [-0.2, -0.15) is 5.26 Å². The summed E-state index contributed by atoms with van der Waals surface area (Å²) >= 11 is 0. The summed E-state index contributed by atoms with van der Waals surface area (Å²) in [6.07, 6.45) is 10.3. The molecular weight excluding hydrogens is 500 g/mol. The maximum Gasteiger partial charge on any atom is 0.259 e. The molecule has 0 bridgehead atoms. The van der Waals surface area contributed by atoms with E-state index >= 15 is 0 Å². The van der Waals surface area contributed by atoms with Crippen molar-refractivity contribution in [3.8, 4) is 6.07 Å². The van der Waals surface area contributed by atoms with E-state index in [-0.39, 0.29) is 11.3 Å². The van der Waals surface area contributed by atoms with E-state index in [0.29, 0.717) is 29.5 Å². The Balaban J connectivity index is 1.29. The van der Waals surface area contributed by atoms with Crippen molar-refractivity contribution in [1.29, 1.82) is 5.26 Å². The molecule has 3 aromatic heterocycles. The molecule has 2 aliphatic rings. The highest BCUT2D eigenvalue weighted by Crippen LogP contribution is 2.53. The van der Waals surface area contributed by atoms with Crippen LogP contribution < -0.4 is 5.32 Å². The number of nitriles is 1. The number of hydrogen-bond acceptors (Lipinski definition) is 6. The molecule has 40 heavy (non-hydrogen) atoms. The second kappa shape index (κ2) is 10.5. The van der Waals surface area contributed by atoms with Crippen molar-refractivity contribution < 1.29 is 4.79 Å². The topological polar surface area (TPSA) is 104 Å². The second-order valence-electron chi connectivity index (χ2n) is 11.9. The van der Waals surface area contributed by atoms with Gasteiger partial charge in [0.2, 0.25) is 0 Å². The van der Waals surface area contributed by atoms with Crippen molar-refractivity contribution in [3.05, 3.63) is 77.3 Å². The minimum atomic E-state index is -0.327. The highest BCUT2D eigenvalue weighted by molar-refractivity contribution is 6.08. The van der Waals surface area contributed by atoms with Crippen molar-refractivity contribution >= 4 is 17.2 Å². The number of imidazole rings is 1. The fraction of sp³-hybridized carbons (Fsp3) is 0.452. The van der Waals surface area contributed by atoms with Crippen LogP contribution in [0.1, 0.15) is 72.0 Å². The molecule has 1 aliphatic carbocycles. The molecule has 1 amide bonds. The molecule has 6 rings (SSSR count). The number of benzene rings is 1. The monoisotopic (exact) mass is 536 g/mol. The lowest BCUT2D eigenvalue weighted by atomic mass is 9.57. The van der Waals surface area contributed by atoms with E-state index < -0.39 is 0 Å². The number of carbonyl (C=O) groups is 1. The number of amides is 1. The molecule has 0 radical (unpaired) electrons. The highest BCUT2D eigenvalue weighted by Gasteiger charge is 2.49. The molecule has 1 aliphatic heterocycles. The van der Waals surface area contributed by atoms with Crippen molar-refractivity contribution in [2.24, 2.45) is 18.9 Å². The van der Waals surface area contributed by atoms with Gasteiger partial charge in [0.15, 0.2) is 0 Å². The van der Waals surface area contributed by atoms with Crippen LogP contribution in [-0.4, -0.2) is 48.0 Å². The van der Waals surface area contributed by atoms with Crippen LogP contribution in [0.25, 0.3) is 5.65 Å². The first-order valence-electron chi connectivity index (χ1n) is 14.2. The Kier molecular flexibility index (Phi) is 6.88. The Labute approximate surface area is 234 Å². The largest absolute Gasteiger partial charge is 0.322 e. The van der Waals surface area contributed by atoms with E-state index in [1.807, 2.05) is 53.4 Å². The van der Waals surface area contributed by atoms with Gasteiger partial charge in [-0.1, -0.05) is 19.1 Å². The number of carbonyl (C=O) groups excluding carboxylic acids is 1. The van der Waals surface area contributed by atoms with Gasteiger partial charge >= 0.3 is 0 Å². The lowest BCUT2D eigenvalue weighted by Gasteiger charge is -2.46. The van der Waals surface area contributed by atoms with Gasteiger partial charge in [0.05, 0.1) is 17.0 Å². The number of anilines is 1. The van der Waals surface area contributed by atoms with Gasteiger partial charge in [0.25, 0.3) is 5.91 Å². The number of aryl methyl sites for hydroxylation is 2. The lowest BCUT2D eigenvalue weighted by Crippen LogP contribution is -2.44. The predicted octanol–water partition coefficient (Wildman–Crippen LogP) is 4.87. The minimum Gasteiger partial charge on any atom is -0.322 e. The van der Waals surface area contributed by atoms with Gasteiger partial charge in [0.1, 0.15) is 17.8 Å². The molecule has 2 fully saturated rings. The van der Waals surface area contributed by atoms with Gasteiger partial charge in [-0.3, -0.25) is 9.69 Å². The molecular formula is C31H36N8O. The first-order chi connectivity index (χ1) is 19.4. The van der Waals surface area contributed by atoms with Gasteiger partial charge in [-0.15, -0.1) is 10.2 Å². The average molecular weight is 537 g/mol. The van der Waals surface area contributed by atoms with Crippen LogP contribution in [-0.2, 0) is 19.0 Å². The Morgan fingerprint density at radius 3 is 2.88 bits per heavy atom. The third-order valence-electron chi connectivity index (χ3n) is 8.71. The highest BCUT2D eigenvalue weighted by atomic mass is 16.1. The van der Waals surface area contributed by atoms with Gasteiger partial charge in [-0.25, -0.2) is 4.98 Å². The molecule has 206 valence electrons. The number of likely N-dealkylation sites (tertiary alicyclic amines) is 1. The first-order valence-corrected chi connectivity index (χ1v) is 14.2. The van der Waals surface area contributed by atoms with Crippen molar-refractivity contribution in [2.75, 3.05) is 18.4 Å².